The molecule has 0 aliphatic carbocycles. The van der Waals surface area contributed by atoms with Crippen LogP contribution in [-0.2, 0) is 23.8 Å². The first kappa shape index (κ1) is 21.8. The van der Waals surface area contributed by atoms with E-state index in [-0.39, 0.29) is 16.8 Å². The number of nitrogens with zero attached hydrogens (tertiary/aromatic N) is 1. The van der Waals surface area contributed by atoms with Crippen molar-refractivity contribution in [2.75, 3.05) is 21.3 Å². The number of carbonyl (C=O) groups excluding carboxylic acids is 3. The first-order valence-corrected chi connectivity index (χ1v) is 9.79. The van der Waals surface area contributed by atoms with Crippen LogP contribution in [0.25, 0.3) is 38.5 Å². The molecule has 0 amide bonds. The van der Waals surface area contributed by atoms with E-state index in [2.05, 4.69) is 0 Å². The third-order valence-electron chi connectivity index (χ3n) is 5.29. The average molecular weight is 449 g/mol. The maximum Gasteiger partial charge on any atom is 0.355 e. The van der Waals surface area contributed by atoms with Crippen molar-refractivity contribution in [3.05, 3.63) is 64.0 Å². The van der Waals surface area contributed by atoms with Gasteiger partial charge in [0.25, 0.3) is 0 Å². The molecule has 168 valence electrons. The van der Waals surface area contributed by atoms with Crippen molar-refractivity contribution in [3.63, 3.8) is 0 Å². The molecule has 0 N–H and O–H groups in total. The highest BCUT2D eigenvalue weighted by Crippen LogP contribution is 2.37. The van der Waals surface area contributed by atoms with E-state index in [0.717, 1.165) is 23.1 Å². The molecule has 0 fully saturated rings. The maximum absolute atomic E-state index is 12.8. The fourth-order valence-corrected chi connectivity index (χ4v) is 3.85. The van der Waals surface area contributed by atoms with Gasteiger partial charge in [-0.05, 0) is 24.6 Å². The Hall–Kier alpha value is -4.40. The minimum Gasteiger partial charge on any atom is -0.466 e. The molecule has 9 nitrogen and oxygen atoms in total. The number of hydrogen-bond acceptors (Lipinski definition) is 8. The van der Waals surface area contributed by atoms with Crippen molar-refractivity contribution < 1.29 is 33.0 Å². The summed E-state index contributed by atoms with van der Waals surface area (Å²) in [5.74, 6) is -2.32. The number of aryl methyl sites for hydroxylation is 1. The van der Waals surface area contributed by atoms with Crippen molar-refractivity contribution in [1.29, 1.82) is 0 Å². The first-order chi connectivity index (χ1) is 15.8. The number of esters is 3. The van der Waals surface area contributed by atoms with Crippen LogP contribution in [0.1, 0.15) is 15.9 Å². The van der Waals surface area contributed by atoms with E-state index in [9.17, 15) is 19.2 Å². The molecule has 9 heteroatoms. The Bertz CT molecular complexity index is 1550. The topological polar surface area (TPSA) is 114 Å². The number of benzene rings is 2. The molecule has 33 heavy (non-hydrogen) atoms. The second-order valence-electron chi connectivity index (χ2n) is 7.21. The van der Waals surface area contributed by atoms with Gasteiger partial charge in [0, 0.05) is 22.2 Å². The Morgan fingerprint density at radius 2 is 1.61 bits per heavy atom. The third-order valence-corrected chi connectivity index (χ3v) is 5.29. The zero-order valence-electron chi connectivity index (χ0n) is 18.3. The summed E-state index contributed by atoms with van der Waals surface area (Å²) in [6.07, 6.45) is 0.994. The first-order valence-electron chi connectivity index (χ1n) is 9.79. The molecule has 2 heterocycles. The Labute approximate surface area is 186 Å². The Kier molecular flexibility index (Phi) is 5.47. The van der Waals surface area contributed by atoms with Gasteiger partial charge in [-0.3, -0.25) is 4.57 Å². The molecule has 0 saturated heterocycles. The molecule has 2 aromatic heterocycles. The molecular weight excluding hydrogens is 430 g/mol. The van der Waals surface area contributed by atoms with Crippen LogP contribution in [0.15, 0.2) is 51.7 Å². The van der Waals surface area contributed by atoms with Crippen molar-refractivity contribution >= 4 is 56.4 Å². The molecule has 4 aromatic rings. The summed E-state index contributed by atoms with van der Waals surface area (Å²) >= 11 is 0. The monoisotopic (exact) mass is 449 g/mol. The number of hydrogen-bond donors (Lipinski definition) is 0. The molecule has 0 spiro atoms. The SMILES string of the molecule is COC(=O)/C=C(\C(=O)OC)n1c2cc(C)ccc2c2ccc3c(C(=O)OC)cc(=O)oc3c21. The van der Waals surface area contributed by atoms with Crippen molar-refractivity contribution in [2.24, 2.45) is 0 Å². The second-order valence-corrected chi connectivity index (χ2v) is 7.21. The minimum atomic E-state index is -0.816. The van der Waals surface area contributed by atoms with E-state index < -0.39 is 23.5 Å². The summed E-state index contributed by atoms with van der Waals surface area (Å²) in [4.78, 5) is 49.6. The maximum atomic E-state index is 12.8. The van der Waals surface area contributed by atoms with Crippen LogP contribution in [0.5, 0.6) is 0 Å². The van der Waals surface area contributed by atoms with Crippen LogP contribution >= 0.6 is 0 Å². The molecule has 0 radical (unpaired) electrons. The van der Waals surface area contributed by atoms with Crippen LogP contribution < -0.4 is 5.63 Å². The third kappa shape index (κ3) is 3.53. The molecule has 0 aliphatic rings. The summed E-state index contributed by atoms with van der Waals surface area (Å²) in [5, 5.41) is 1.66. The second kappa shape index (κ2) is 8.27. The van der Waals surface area contributed by atoms with Gasteiger partial charge in [-0.2, -0.15) is 0 Å². The van der Waals surface area contributed by atoms with E-state index in [1.165, 1.54) is 25.9 Å². The summed E-state index contributed by atoms with van der Waals surface area (Å²) in [6, 6.07) is 9.98. The highest BCUT2D eigenvalue weighted by molar-refractivity contribution is 6.25. The molecule has 0 unspecified atom stereocenters. The van der Waals surface area contributed by atoms with Crippen LogP contribution in [0.2, 0.25) is 0 Å². The molecule has 0 saturated carbocycles. The number of ether oxygens (including phenoxy) is 3. The van der Waals surface area contributed by atoms with Crippen LogP contribution in [-0.4, -0.2) is 43.8 Å². The predicted molar refractivity (Wildman–Crippen MR) is 120 cm³/mol. The van der Waals surface area contributed by atoms with Gasteiger partial charge in [-0.25, -0.2) is 19.2 Å². The quantitative estimate of drug-likeness (QED) is 0.202. The smallest absolute Gasteiger partial charge is 0.355 e. The molecule has 2 aromatic carbocycles. The van der Waals surface area contributed by atoms with E-state index in [4.69, 9.17) is 18.6 Å². The van der Waals surface area contributed by atoms with E-state index >= 15 is 0 Å². The highest BCUT2D eigenvalue weighted by atomic mass is 16.5. The lowest BCUT2D eigenvalue weighted by Gasteiger charge is -2.12. The zero-order valence-corrected chi connectivity index (χ0v) is 18.3. The number of rotatable bonds is 4. The summed E-state index contributed by atoms with van der Waals surface area (Å²) < 4.78 is 21.4. The Balaban J connectivity index is 2.30. The van der Waals surface area contributed by atoms with Gasteiger partial charge in [0.15, 0.2) is 5.58 Å². The van der Waals surface area contributed by atoms with Gasteiger partial charge < -0.3 is 18.6 Å². The Morgan fingerprint density at radius 1 is 0.909 bits per heavy atom. The standard InChI is InChI=1S/C24H19NO8/c1-12-5-6-13-14-7-8-15-16(23(28)31-3)10-20(27)33-22(15)21(14)25(17(13)9-12)18(24(29)32-4)11-19(26)30-2/h5-11H,1-4H3/b18-11+. The van der Waals surface area contributed by atoms with Gasteiger partial charge >= 0.3 is 23.5 Å². The lowest BCUT2D eigenvalue weighted by atomic mass is 10.1. The summed E-state index contributed by atoms with van der Waals surface area (Å²) in [7, 11) is 3.57. The highest BCUT2D eigenvalue weighted by Gasteiger charge is 2.25. The Morgan fingerprint density at radius 3 is 2.27 bits per heavy atom. The van der Waals surface area contributed by atoms with Gasteiger partial charge in [-0.15, -0.1) is 0 Å². The van der Waals surface area contributed by atoms with Gasteiger partial charge in [0.1, 0.15) is 5.70 Å². The number of fused-ring (bicyclic) bond motifs is 5. The van der Waals surface area contributed by atoms with Crippen molar-refractivity contribution in [3.8, 4) is 0 Å². The largest absolute Gasteiger partial charge is 0.466 e. The minimum absolute atomic E-state index is 0.00945. The molecule has 0 atom stereocenters. The summed E-state index contributed by atoms with van der Waals surface area (Å²) in [5.41, 5.74) is 0.869. The van der Waals surface area contributed by atoms with Crippen LogP contribution in [0, 0.1) is 6.92 Å². The molecule has 0 aliphatic heterocycles. The normalized spacial score (nSPS) is 11.7. The number of methoxy groups -OCH3 is 3. The molecular formula is C24H19NO8. The zero-order chi connectivity index (χ0) is 23.9. The lowest BCUT2D eigenvalue weighted by molar-refractivity contribution is -0.137. The predicted octanol–water partition coefficient (Wildman–Crippen LogP) is 3.18. The molecule has 4 rings (SSSR count). The van der Waals surface area contributed by atoms with E-state index in [1.807, 2.05) is 25.1 Å². The number of aromatic nitrogens is 1. The van der Waals surface area contributed by atoms with E-state index in [0.29, 0.717) is 21.8 Å². The summed E-state index contributed by atoms with van der Waals surface area (Å²) in [6.45, 7) is 1.87. The fraction of sp³-hybridized carbons (Fsp3) is 0.167. The lowest BCUT2D eigenvalue weighted by Crippen LogP contribution is -2.14. The van der Waals surface area contributed by atoms with Gasteiger partial charge in [-0.1, -0.05) is 18.2 Å². The van der Waals surface area contributed by atoms with Crippen LogP contribution in [0.4, 0.5) is 0 Å². The van der Waals surface area contributed by atoms with E-state index in [1.54, 1.807) is 12.1 Å². The van der Waals surface area contributed by atoms with Crippen LogP contribution in [0.3, 0.4) is 0 Å². The molecule has 0 bridgehead atoms. The van der Waals surface area contributed by atoms with Gasteiger partial charge in [0.05, 0.1) is 44.0 Å². The van der Waals surface area contributed by atoms with Crippen molar-refractivity contribution in [2.45, 2.75) is 6.92 Å². The van der Waals surface area contributed by atoms with Gasteiger partial charge in [0.2, 0.25) is 0 Å². The average Bonchev–Trinajstić information content (AvgIpc) is 3.14. The van der Waals surface area contributed by atoms with Crippen molar-refractivity contribution in [1.82, 2.24) is 4.57 Å². The number of carbonyl (C=O) groups is 3. The fourth-order valence-electron chi connectivity index (χ4n) is 3.85.